The molecular formula is C19H16N+. The normalized spacial score (nSPS) is 12.6. The van der Waals surface area contributed by atoms with Gasteiger partial charge in [-0.1, -0.05) is 48.5 Å². The van der Waals surface area contributed by atoms with Crippen LogP contribution in [-0.4, -0.2) is 0 Å². The third-order valence-corrected chi connectivity index (χ3v) is 4.06. The maximum atomic E-state index is 2.36. The molecule has 0 unspecified atom stereocenters. The van der Waals surface area contributed by atoms with Crippen molar-refractivity contribution in [2.45, 2.75) is 13.0 Å². The highest BCUT2D eigenvalue weighted by molar-refractivity contribution is 5.70. The fraction of sp³-hybridized carbons (Fsp3) is 0.105. The van der Waals surface area contributed by atoms with Crippen molar-refractivity contribution >= 4 is 0 Å². The number of hydrogen-bond donors (Lipinski definition) is 0. The molecule has 1 aromatic heterocycles. The predicted molar refractivity (Wildman–Crippen MR) is 81.2 cm³/mol. The maximum Gasteiger partial charge on any atom is 0.213 e. The Bertz CT molecular complexity index is 760. The second-order valence-electron chi connectivity index (χ2n) is 5.27. The Morgan fingerprint density at radius 1 is 0.750 bits per heavy atom. The number of benzene rings is 2. The molecule has 0 spiro atoms. The first-order valence-corrected chi connectivity index (χ1v) is 7.09. The molecule has 0 N–H and O–H groups in total. The Hall–Kier alpha value is -2.41. The van der Waals surface area contributed by atoms with E-state index in [2.05, 4.69) is 77.5 Å². The molecule has 0 atom stereocenters. The molecule has 20 heavy (non-hydrogen) atoms. The molecule has 0 radical (unpaired) electrons. The lowest BCUT2D eigenvalue weighted by atomic mass is 9.95. The molecule has 96 valence electrons. The van der Waals surface area contributed by atoms with Crippen molar-refractivity contribution in [1.29, 1.82) is 0 Å². The van der Waals surface area contributed by atoms with Crippen molar-refractivity contribution in [2.24, 2.45) is 0 Å². The van der Waals surface area contributed by atoms with E-state index in [-0.39, 0.29) is 0 Å². The van der Waals surface area contributed by atoms with Gasteiger partial charge >= 0.3 is 0 Å². The van der Waals surface area contributed by atoms with Gasteiger partial charge < -0.3 is 0 Å². The first-order valence-electron chi connectivity index (χ1n) is 7.09. The van der Waals surface area contributed by atoms with Gasteiger partial charge in [-0.3, -0.25) is 0 Å². The second kappa shape index (κ2) is 4.61. The Morgan fingerprint density at radius 3 is 2.45 bits per heavy atom. The molecule has 4 rings (SSSR count). The van der Waals surface area contributed by atoms with E-state index in [1.807, 2.05) is 0 Å². The van der Waals surface area contributed by atoms with Gasteiger partial charge in [-0.2, -0.15) is 4.57 Å². The minimum atomic E-state index is 1.07. The molecule has 0 amide bonds. The van der Waals surface area contributed by atoms with Crippen molar-refractivity contribution in [3.05, 3.63) is 78.5 Å². The number of nitrogens with zero attached hydrogens (tertiary/aromatic N) is 1. The van der Waals surface area contributed by atoms with Gasteiger partial charge in [-0.05, 0) is 22.8 Å². The summed E-state index contributed by atoms with van der Waals surface area (Å²) in [4.78, 5) is 0. The van der Waals surface area contributed by atoms with E-state index in [1.54, 1.807) is 0 Å². The molecule has 1 aliphatic rings. The van der Waals surface area contributed by atoms with Gasteiger partial charge in [0.05, 0.1) is 0 Å². The smallest absolute Gasteiger partial charge is 0.198 e. The van der Waals surface area contributed by atoms with Crippen molar-refractivity contribution in [3.63, 3.8) is 0 Å². The van der Waals surface area contributed by atoms with E-state index >= 15 is 0 Å². The summed E-state index contributed by atoms with van der Waals surface area (Å²) >= 11 is 0. The summed E-state index contributed by atoms with van der Waals surface area (Å²) in [6.07, 6.45) is 3.34. The van der Waals surface area contributed by atoms with Gasteiger partial charge in [0, 0.05) is 24.1 Å². The Labute approximate surface area is 119 Å². The minimum Gasteiger partial charge on any atom is -0.198 e. The Kier molecular flexibility index (Phi) is 2.63. The summed E-state index contributed by atoms with van der Waals surface area (Å²) in [5, 5.41) is 0. The SMILES string of the molecule is c1ccc(-c2cc[n+]3c(c2)-c2ccccc2CC3)cc1. The van der Waals surface area contributed by atoms with Crippen molar-refractivity contribution in [1.82, 2.24) is 0 Å². The number of fused-ring (bicyclic) bond motifs is 3. The first-order chi connectivity index (χ1) is 9.92. The molecular weight excluding hydrogens is 242 g/mol. The van der Waals surface area contributed by atoms with Gasteiger partial charge in [0.2, 0.25) is 5.69 Å². The Balaban J connectivity index is 1.90. The average Bonchev–Trinajstić information content (AvgIpc) is 2.55. The summed E-state index contributed by atoms with van der Waals surface area (Å²) in [7, 11) is 0. The summed E-state index contributed by atoms with van der Waals surface area (Å²) in [5.74, 6) is 0. The molecule has 3 aromatic rings. The standard InChI is InChI=1S/C19H16N/c1-2-6-15(7-3-1)17-11-13-20-12-10-16-8-4-5-9-18(16)19(20)14-17/h1-9,11,13-14H,10,12H2/q+1. The molecule has 2 aromatic carbocycles. The number of hydrogen-bond acceptors (Lipinski definition) is 0. The van der Waals surface area contributed by atoms with Crippen LogP contribution in [0.15, 0.2) is 72.9 Å². The average molecular weight is 258 g/mol. The molecule has 0 fully saturated rings. The number of aryl methyl sites for hydroxylation is 2. The minimum absolute atomic E-state index is 1.07. The van der Waals surface area contributed by atoms with Crippen molar-refractivity contribution in [3.8, 4) is 22.4 Å². The van der Waals surface area contributed by atoms with E-state index in [0.717, 1.165) is 13.0 Å². The van der Waals surface area contributed by atoms with Crippen LogP contribution < -0.4 is 4.57 Å². The van der Waals surface area contributed by atoms with Crippen LogP contribution in [0.25, 0.3) is 22.4 Å². The second-order valence-corrected chi connectivity index (χ2v) is 5.27. The Morgan fingerprint density at radius 2 is 1.55 bits per heavy atom. The van der Waals surface area contributed by atoms with Crippen molar-refractivity contribution in [2.75, 3.05) is 0 Å². The van der Waals surface area contributed by atoms with Gasteiger partial charge in [-0.25, -0.2) is 0 Å². The quantitative estimate of drug-likeness (QED) is 0.583. The summed E-state index contributed by atoms with van der Waals surface area (Å²) in [6.45, 7) is 1.07. The van der Waals surface area contributed by atoms with E-state index in [1.165, 1.54) is 27.9 Å². The van der Waals surface area contributed by atoms with Crippen LogP contribution in [0.2, 0.25) is 0 Å². The van der Waals surface area contributed by atoms with E-state index in [4.69, 9.17) is 0 Å². The van der Waals surface area contributed by atoms with Crippen LogP contribution >= 0.6 is 0 Å². The summed E-state index contributed by atoms with van der Waals surface area (Å²) in [5.41, 5.74) is 6.72. The van der Waals surface area contributed by atoms with Gasteiger partial charge in [0.15, 0.2) is 12.7 Å². The van der Waals surface area contributed by atoms with Gasteiger partial charge in [0.25, 0.3) is 0 Å². The zero-order chi connectivity index (χ0) is 13.4. The van der Waals surface area contributed by atoms with E-state index in [9.17, 15) is 0 Å². The van der Waals surface area contributed by atoms with Crippen LogP contribution in [0.4, 0.5) is 0 Å². The highest BCUT2D eigenvalue weighted by atomic mass is 15.0. The first kappa shape index (κ1) is 11.4. The molecule has 0 saturated heterocycles. The zero-order valence-electron chi connectivity index (χ0n) is 11.3. The van der Waals surface area contributed by atoms with Crippen LogP contribution in [0.1, 0.15) is 5.56 Å². The fourth-order valence-corrected chi connectivity index (χ4v) is 3.00. The molecule has 0 bridgehead atoms. The van der Waals surface area contributed by atoms with E-state index < -0.39 is 0 Å². The predicted octanol–water partition coefficient (Wildman–Crippen LogP) is 3.86. The molecule has 1 nitrogen and oxygen atoms in total. The third kappa shape index (κ3) is 1.83. The van der Waals surface area contributed by atoms with Crippen LogP contribution in [0, 0.1) is 0 Å². The highest BCUT2D eigenvalue weighted by Crippen LogP contribution is 2.28. The summed E-state index contributed by atoms with van der Waals surface area (Å²) in [6, 6.07) is 23.8. The van der Waals surface area contributed by atoms with Crippen molar-refractivity contribution < 1.29 is 4.57 Å². The molecule has 0 aliphatic carbocycles. The molecule has 2 heterocycles. The van der Waals surface area contributed by atoms with Gasteiger partial charge in [0.1, 0.15) is 0 Å². The monoisotopic (exact) mass is 258 g/mol. The van der Waals surface area contributed by atoms with Gasteiger partial charge in [-0.15, -0.1) is 0 Å². The lowest BCUT2D eigenvalue weighted by molar-refractivity contribution is -0.687. The third-order valence-electron chi connectivity index (χ3n) is 4.06. The number of pyridine rings is 1. The molecule has 1 aliphatic heterocycles. The largest absolute Gasteiger partial charge is 0.213 e. The maximum absolute atomic E-state index is 2.36. The molecule has 0 saturated carbocycles. The van der Waals surface area contributed by atoms with Crippen LogP contribution in [0.5, 0.6) is 0 Å². The van der Waals surface area contributed by atoms with Crippen LogP contribution in [-0.2, 0) is 13.0 Å². The van der Waals surface area contributed by atoms with E-state index in [0.29, 0.717) is 0 Å². The summed E-state index contributed by atoms with van der Waals surface area (Å²) < 4.78 is 2.36. The number of aromatic nitrogens is 1. The fourth-order valence-electron chi connectivity index (χ4n) is 3.00. The lowest BCUT2D eigenvalue weighted by Crippen LogP contribution is -2.39. The van der Waals surface area contributed by atoms with Crippen LogP contribution in [0.3, 0.4) is 0 Å². The molecule has 1 heteroatoms. The lowest BCUT2D eigenvalue weighted by Gasteiger charge is -2.15. The zero-order valence-corrected chi connectivity index (χ0v) is 11.3. The highest BCUT2D eigenvalue weighted by Gasteiger charge is 2.22. The number of rotatable bonds is 1. The topological polar surface area (TPSA) is 3.88 Å².